The third-order valence-electron chi connectivity index (χ3n) is 6.58. The normalized spacial score (nSPS) is 30.1. The molecule has 27 heavy (non-hydrogen) atoms. The minimum Gasteiger partial charge on any atom is -0.347 e. The second kappa shape index (κ2) is 7.96. The minimum absolute atomic E-state index is 0.119. The van der Waals surface area contributed by atoms with Crippen LogP contribution in [0.2, 0.25) is 0 Å². The molecule has 5 heteroatoms. The number of ether oxygens (including phenoxy) is 2. The quantitative estimate of drug-likeness (QED) is 0.481. The Balaban J connectivity index is 1.31. The Morgan fingerprint density at radius 2 is 1.59 bits per heavy atom. The van der Waals surface area contributed by atoms with Crippen LogP contribution < -0.4 is 0 Å². The zero-order valence-electron chi connectivity index (χ0n) is 15.6. The molecule has 1 unspecified atom stereocenters. The van der Waals surface area contributed by atoms with Gasteiger partial charge >= 0.3 is 0 Å². The van der Waals surface area contributed by atoms with E-state index in [9.17, 15) is 13.2 Å². The SMILES string of the molecule is Fc1cc(C2CCC(CCC3C=CCCC34OCCO4)CC2)cc(F)c1F. The topological polar surface area (TPSA) is 18.5 Å². The van der Waals surface area contributed by atoms with Crippen molar-refractivity contribution in [1.29, 1.82) is 0 Å². The van der Waals surface area contributed by atoms with Crippen molar-refractivity contribution in [3.63, 3.8) is 0 Å². The number of benzene rings is 1. The van der Waals surface area contributed by atoms with E-state index in [4.69, 9.17) is 9.47 Å². The summed E-state index contributed by atoms with van der Waals surface area (Å²) in [5.74, 6) is -2.91. The first-order chi connectivity index (χ1) is 13.1. The summed E-state index contributed by atoms with van der Waals surface area (Å²) in [6, 6.07) is 2.32. The lowest BCUT2D eigenvalue weighted by atomic mass is 9.75. The number of rotatable bonds is 4. The smallest absolute Gasteiger partial charge is 0.194 e. The Bertz CT molecular complexity index is 666. The van der Waals surface area contributed by atoms with E-state index in [2.05, 4.69) is 12.2 Å². The average Bonchev–Trinajstić information content (AvgIpc) is 3.14. The van der Waals surface area contributed by atoms with Gasteiger partial charge in [-0.2, -0.15) is 0 Å². The molecule has 0 bridgehead atoms. The molecule has 2 aliphatic carbocycles. The average molecular weight is 380 g/mol. The highest BCUT2D eigenvalue weighted by atomic mass is 19.2. The van der Waals surface area contributed by atoms with Crippen LogP contribution in [0.4, 0.5) is 13.2 Å². The van der Waals surface area contributed by atoms with Gasteiger partial charge in [-0.25, -0.2) is 13.2 Å². The molecule has 0 N–H and O–H groups in total. The molecule has 3 aliphatic rings. The molecule has 1 aliphatic heterocycles. The molecule has 1 atom stereocenters. The Kier molecular flexibility index (Phi) is 5.60. The third-order valence-corrected chi connectivity index (χ3v) is 6.58. The van der Waals surface area contributed by atoms with Crippen molar-refractivity contribution >= 4 is 0 Å². The lowest BCUT2D eigenvalue weighted by molar-refractivity contribution is -0.193. The summed E-state index contributed by atoms with van der Waals surface area (Å²) in [5.41, 5.74) is 0.590. The van der Waals surface area contributed by atoms with E-state index >= 15 is 0 Å². The van der Waals surface area contributed by atoms with Crippen molar-refractivity contribution in [3.8, 4) is 0 Å². The summed E-state index contributed by atoms with van der Waals surface area (Å²) in [7, 11) is 0. The van der Waals surface area contributed by atoms with Crippen LogP contribution in [0.1, 0.15) is 62.8 Å². The van der Waals surface area contributed by atoms with E-state index in [1.807, 2.05) is 0 Å². The maximum atomic E-state index is 13.5. The molecular formula is C22H27F3O2. The standard InChI is InChI=1S/C22H27F3O2/c23-19-13-17(14-20(24)21(19)25)16-7-4-15(5-8-16)6-9-18-3-1-2-10-22(18)26-11-12-27-22/h1,3,13-16,18H,2,4-12H2. The fraction of sp³-hybridized carbons (Fsp3) is 0.636. The van der Waals surface area contributed by atoms with E-state index in [0.717, 1.165) is 63.5 Å². The largest absolute Gasteiger partial charge is 0.347 e. The zero-order valence-corrected chi connectivity index (χ0v) is 15.6. The predicted octanol–water partition coefficient (Wildman–Crippen LogP) is 5.87. The van der Waals surface area contributed by atoms with Crippen LogP contribution in [-0.2, 0) is 9.47 Å². The molecule has 1 saturated heterocycles. The first-order valence-corrected chi connectivity index (χ1v) is 10.2. The second-order valence-corrected chi connectivity index (χ2v) is 8.18. The first kappa shape index (κ1) is 19.0. The van der Waals surface area contributed by atoms with Gasteiger partial charge in [0, 0.05) is 12.3 Å². The minimum atomic E-state index is -1.38. The van der Waals surface area contributed by atoms with Gasteiger partial charge in [0.2, 0.25) is 0 Å². The first-order valence-electron chi connectivity index (χ1n) is 10.2. The summed E-state index contributed by atoms with van der Waals surface area (Å²) in [6.07, 6.45) is 12.5. The van der Waals surface area contributed by atoms with Gasteiger partial charge in [0.25, 0.3) is 0 Å². The predicted molar refractivity (Wildman–Crippen MR) is 96.7 cm³/mol. The van der Waals surface area contributed by atoms with Crippen molar-refractivity contribution in [2.24, 2.45) is 11.8 Å². The van der Waals surface area contributed by atoms with Crippen molar-refractivity contribution in [2.75, 3.05) is 13.2 Å². The molecule has 2 nitrogen and oxygen atoms in total. The van der Waals surface area contributed by atoms with Crippen molar-refractivity contribution in [2.45, 2.75) is 63.1 Å². The molecule has 1 heterocycles. The summed E-state index contributed by atoms with van der Waals surface area (Å²) in [5, 5.41) is 0. The molecule has 1 aromatic carbocycles. The molecular weight excluding hydrogens is 353 g/mol. The van der Waals surface area contributed by atoms with Gasteiger partial charge in [0.05, 0.1) is 13.2 Å². The molecule has 1 spiro atoms. The van der Waals surface area contributed by atoms with Crippen LogP contribution in [-0.4, -0.2) is 19.0 Å². The second-order valence-electron chi connectivity index (χ2n) is 8.18. The van der Waals surface area contributed by atoms with Gasteiger partial charge in [0.15, 0.2) is 23.2 Å². The van der Waals surface area contributed by atoms with Gasteiger partial charge in [-0.1, -0.05) is 12.2 Å². The van der Waals surface area contributed by atoms with Crippen LogP contribution in [0.25, 0.3) is 0 Å². The van der Waals surface area contributed by atoms with Gasteiger partial charge in [0.1, 0.15) is 0 Å². The summed E-state index contributed by atoms with van der Waals surface area (Å²) in [6.45, 7) is 1.36. The van der Waals surface area contributed by atoms with E-state index in [-0.39, 0.29) is 5.92 Å². The van der Waals surface area contributed by atoms with Crippen LogP contribution in [0.3, 0.4) is 0 Å². The van der Waals surface area contributed by atoms with E-state index in [0.29, 0.717) is 30.6 Å². The van der Waals surface area contributed by atoms with Crippen LogP contribution >= 0.6 is 0 Å². The van der Waals surface area contributed by atoms with Crippen LogP contribution in [0.5, 0.6) is 0 Å². The molecule has 0 amide bonds. The molecule has 148 valence electrons. The number of hydrogen-bond donors (Lipinski definition) is 0. The lowest BCUT2D eigenvalue weighted by Gasteiger charge is -2.37. The monoisotopic (exact) mass is 380 g/mol. The number of halogens is 3. The fourth-order valence-electron chi connectivity index (χ4n) is 5.03. The highest BCUT2D eigenvalue weighted by Crippen LogP contribution is 2.43. The molecule has 1 saturated carbocycles. The van der Waals surface area contributed by atoms with E-state index in [1.165, 1.54) is 0 Å². The highest BCUT2D eigenvalue weighted by molar-refractivity contribution is 5.23. The van der Waals surface area contributed by atoms with Crippen LogP contribution in [0, 0.1) is 29.3 Å². The summed E-state index contributed by atoms with van der Waals surface area (Å²) >= 11 is 0. The molecule has 1 aromatic rings. The van der Waals surface area contributed by atoms with Gasteiger partial charge in [-0.05, 0) is 74.5 Å². The van der Waals surface area contributed by atoms with E-state index < -0.39 is 23.2 Å². The van der Waals surface area contributed by atoms with Gasteiger partial charge in [-0.3, -0.25) is 0 Å². The molecule has 0 aromatic heterocycles. The third kappa shape index (κ3) is 3.95. The van der Waals surface area contributed by atoms with Gasteiger partial charge < -0.3 is 9.47 Å². The summed E-state index contributed by atoms with van der Waals surface area (Å²) < 4.78 is 52.1. The molecule has 2 fully saturated rings. The van der Waals surface area contributed by atoms with E-state index in [1.54, 1.807) is 0 Å². The highest BCUT2D eigenvalue weighted by Gasteiger charge is 2.44. The zero-order chi connectivity index (χ0) is 18.9. The maximum Gasteiger partial charge on any atom is 0.194 e. The fourth-order valence-corrected chi connectivity index (χ4v) is 5.03. The molecule has 0 radical (unpaired) electrons. The van der Waals surface area contributed by atoms with Crippen LogP contribution in [0.15, 0.2) is 24.3 Å². The maximum absolute atomic E-state index is 13.5. The molecule has 4 rings (SSSR count). The Labute approximate surface area is 158 Å². The van der Waals surface area contributed by atoms with Crippen molar-refractivity contribution in [1.82, 2.24) is 0 Å². The Morgan fingerprint density at radius 1 is 0.926 bits per heavy atom. The Morgan fingerprint density at radius 3 is 2.26 bits per heavy atom. The lowest BCUT2D eigenvalue weighted by Crippen LogP contribution is -2.40. The number of hydrogen-bond acceptors (Lipinski definition) is 2. The van der Waals surface area contributed by atoms with Gasteiger partial charge in [-0.15, -0.1) is 0 Å². The summed E-state index contributed by atoms with van der Waals surface area (Å²) in [4.78, 5) is 0. The van der Waals surface area contributed by atoms with Crippen molar-refractivity contribution < 1.29 is 22.6 Å². The van der Waals surface area contributed by atoms with Crippen molar-refractivity contribution in [3.05, 3.63) is 47.3 Å². The number of allylic oxidation sites excluding steroid dienone is 1. The Hall–Kier alpha value is -1.33.